The third-order valence-electron chi connectivity index (χ3n) is 2.79. The van der Waals surface area contributed by atoms with E-state index >= 15 is 0 Å². The predicted molar refractivity (Wildman–Crippen MR) is 49.7 cm³/mol. The Morgan fingerprint density at radius 1 is 1.33 bits per heavy atom. The van der Waals surface area contributed by atoms with E-state index in [4.69, 9.17) is 5.53 Å². The molecule has 68 valence electrons. The first-order valence-corrected chi connectivity index (χ1v) is 4.60. The van der Waals surface area contributed by atoms with E-state index in [1.54, 1.807) is 0 Å². The summed E-state index contributed by atoms with van der Waals surface area (Å²) < 4.78 is 0. The molecule has 0 aromatic carbocycles. The molecule has 0 amide bonds. The number of hydrogen-bond acceptors (Lipinski definition) is 1. The second kappa shape index (κ2) is 3.36. The molecule has 0 saturated heterocycles. The van der Waals surface area contributed by atoms with Crippen LogP contribution in [0.4, 0.5) is 0 Å². The molecule has 0 aromatic rings. The Kier molecular flexibility index (Phi) is 2.63. The van der Waals surface area contributed by atoms with Crippen molar-refractivity contribution >= 4 is 0 Å². The van der Waals surface area contributed by atoms with E-state index in [0.717, 1.165) is 6.42 Å². The van der Waals surface area contributed by atoms with E-state index < -0.39 is 0 Å². The van der Waals surface area contributed by atoms with Crippen LogP contribution in [-0.4, -0.2) is 6.04 Å². The molecule has 3 nitrogen and oxygen atoms in total. The van der Waals surface area contributed by atoms with Gasteiger partial charge in [-0.1, -0.05) is 32.3 Å². The van der Waals surface area contributed by atoms with Crippen LogP contribution in [0.1, 0.15) is 40.0 Å². The smallest absolute Gasteiger partial charge is 0.0407 e. The molecule has 0 bridgehead atoms. The zero-order chi connectivity index (χ0) is 9.19. The van der Waals surface area contributed by atoms with Crippen molar-refractivity contribution in [2.75, 3.05) is 0 Å². The maximum Gasteiger partial charge on any atom is 0.0407 e. The maximum atomic E-state index is 8.37. The Balaban J connectivity index is 2.70. The lowest BCUT2D eigenvalue weighted by Gasteiger charge is -2.29. The molecule has 0 aromatic heterocycles. The molecule has 3 heteroatoms. The molecule has 1 rings (SSSR count). The molecule has 2 atom stereocenters. The van der Waals surface area contributed by atoms with E-state index in [0.29, 0.717) is 5.92 Å². The number of rotatable bonds is 1. The van der Waals surface area contributed by atoms with Crippen molar-refractivity contribution in [1.29, 1.82) is 0 Å². The molecule has 0 unspecified atom stereocenters. The van der Waals surface area contributed by atoms with Crippen LogP contribution in [0.3, 0.4) is 0 Å². The topological polar surface area (TPSA) is 48.8 Å². The monoisotopic (exact) mass is 167 g/mol. The van der Waals surface area contributed by atoms with Gasteiger partial charge in [-0.3, -0.25) is 0 Å². The standard InChI is InChI=1S/C9H17N3/c1-9(2,3)7-5-4-6-8(7)11-12-10/h7-8H,4-6H2,1-3H3/t7-,8-/m1/s1. The van der Waals surface area contributed by atoms with E-state index in [2.05, 4.69) is 30.8 Å². The van der Waals surface area contributed by atoms with Gasteiger partial charge < -0.3 is 0 Å². The van der Waals surface area contributed by atoms with Crippen molar-refractivity contribution in [2.24, 2.45) is 16.4 Å². The van der Waals surface area contributed by atoms with Crippen molar-refractivity contribution < 1.29 is 0 Å². The molecule has 1 aliphatic carbocycles. The molecule has 0 spiro atoms. The van der Waals surface area contributed by atoms with Crippen LogP contribution >= 0.6 is 0 Å². The van der Waals surface area contributed by atoms with Crippen LogP contribution in [0.25, 0.3) is 10.4 Å². The highest BCUT2D eigenvalue weighted by Gasteiger charge is 2.34. The van der Waals surface area contributed by atoms with E-state index in [1.165, 1.54) is 12.8 Å². The van der Waals surface area contributed by atoms with Gasteiger partial charge in [0.15, 0.2) is 0 Å². The normalized spacial score (nSPS) is 29.9. The predicted octanol–water partition coefficient (Wildman–Crippen LogP) is 3.51. The first-order valence-electron chi connectivity index (χ1n) is 4.60. The molecule has 0 N–H and O–H groups in total. The Hall–Kier alpha value is -0.690. The van der Waals surface area contributed by atoms with Gasteiger partial charge in [0.1, 0.15) is 0 Å². The lowest BCUT2D eigenvalue weighted by molar-refractivity contribution is 0.224. The minimum Gasteiger partial charge on any atom is -0.0903 e. The molecular formula is C9H17N3. The molecule has 0 radical (unpaired) electrons. The molecule has 0 heterocycles. The van der Waals surface area contributed by atoms with Crippen LogP contribution < -0.4 is 0 Å². The van der Waals surface area contributed by atoms with E-state index in [9.17, 15) is 0 Å². The summed E-state index contributed by atoms with van der Waals surface area (Å²) in [6.45, 7) is 6.68. The first kappa shape index (κ1) is 9.40. The molecule has 1 saturated carbocycles. The SMILES string of the molecule is CC(C)(C)[C@@H]1CCC[C@H]1N=[N+]=[N-]. The van der Waals surface area contributed by atoms with E-state index in [1.807, 2.05) is 0 Å². The fraction of sp³-hybridized carbons (Fsp3) is 1.00. The summed E-state index contributed by atoms with van der Waals surface area (Å²) in [7, 11) is 0. The minimum atomic E-state index is 0.245. The molecule has 1 aliphatic rings. The summed E-state index contributed by atoms with van der Waals surface area (Å²) in [5.74, 6) is 0.577. The Morgan fingerprint density at radius 3 is 2.50 bits per heavy atom. The van der Waals surface area contributed by atoms with Crippen LogP contribution in [0, 0.1) is 11.3 Å². The number of hydrogen-bond donors (Lipinski definition) is 0. The molecule has 1 fully saturated rings. The van der Waals surface area contributed by atoms with Gasteiger partial charge in [-0.05, 0) is 29.7 Å². The van der Waals surface area contributed by atoms with E-state index in [-0.39, 0.29) is 11.5 Å². The van der Waals surface area contributed by atoms with Crippen LogP contribution in [0.15, 0.2) is 5.11 Å². The maximum absolute atomic E-state index is 8.37. The average molecular weight is 167 g/mol. The Morgan fingerprint density at radius 2 is 2.00 bits per heavy atom. The van der Waals surface area contributed by atoms with Crippen molar-refractivity contribution in [3.8, 4) is 0 Å². The Bertz CT molecular complexity index is 198. The molecule has 0 aliphatic heterocycles. The van der Waals surface area contributed by atoms with Gasteiger partial charge in [-0.2, -0.15) is 0 Å². The van der Waals surface area contributed by atoms with Crippen LogP contribution in [-0.2, 0) is 0 Å². The van der Waals surface area contributed by atoms with Crippen LogP contribution in [0.5, 0.6) is 0 Å². The zero-order valence-corrected chi connectivity index (χ0v) is 8.12. The third kappa shape index (κ3) is 1.92. The van der Waals surface area contributed by atoms with Crippen molar-refractivity contribution in [3.05, 3.63) is 10.4 Å². The number of azide groups is 1. The highest BCUT2D eigenvalue weighted by Crippen LogP contribution is 2.40. The largest absolute Gasteiger partial charge is 0.0903 e. The average Bonchev–Trinajstić information content (AvgIpc) is 2.34. The van der Waals surface area contributed by atoms with Gasteiger partial charge in [-0.25, -0.2) is 0 Å². The minimum absolute atomic E-state index is 0.245. The van der Waals surface area contributed by atoms with Gasteiger partial charge >= 0.3 is 0 Å². The summed E-state index contributed by atoms with van der Waals surface area (Å²) in [5.41, 5.74) is 8.66. The fourth-order valence-corrected chi connectivity index (χ4v) is 2.16. The molecule has 12 heavy (non-hydrogen) atoms. The van der Waals surface area contributed by atoms with Gasteiger partial charge in [0.25, 0.3) is 0 Å². The third-order valence-corrected chi connectivity index (χ3v) is 2.79. The lowest BCUT2D eigenvalue weighted by Crippen LogP contribution is -2.26. The van der Waals surface area contributed by atoms with Crippen LogP contribution in [0.2, 0.25) is 0 Å². The second-order valence-corrected chi connectivity index (χ2v) is 4.68. The highest BCUT2D eigenvalue weighted by atomic mass is 15.2. The first-order chi connectivity index (χ1) is 5.55. The van der Waals surface area contributed by atoms with Crippen molar-refractivity contribution in [2.45, 2.75) is 46.1 Å². The highest BCUT2D eigenvalue weighted by molar-refractivity contribution is 4.90. The summed E-state index contributed by atoms with van der Waals surface area (Å²) in [6, 6.07) is 0.245. The van der Waals surface area contributed by atoms with Crippen molar-refractivity contribution in [1.82, 2.24) is 0 Å². The number of nitrogens with zero attached hydrogens (tertiary/aromatic N) is 3. The zero-order valence-electron chi connectivity index (χ0n) is 8.12. The Labute approximate surface area is 73.8 Å². The van der Waals surface area contributed by atoms with Gasteiger partial charge in [0.05, 0.1) is 0 Å². The summed E-state index contributed by atoms with van der Waals surface area (Å²) >= 11 is 0. The van der Waals surface area contributed by atoms with Gasteiger partial charge in [0.2, 0.25) is 0 Å². The molecular weight excluding hydrogens is 150 g/mol. The quantitative estimate of drug-likeness (QED) is 0.326. The fourth-order valence-electron chi connectivity index (χ4n) is 2.16. The lowest BCUT2D eigenvalue weighted by atomic mass is 9.78. The summed E-state index contributed by atoms with van der Waals surface area (Å²) in [4.78, 5) is 2.91. The summed E-state index contributed by atoms with van der Waals surface area (Å²) in [5, 5.41) is 3.85. The second-order valence-electron chi connectivity index (χ2n) is 4.68. The van der Waals surface area contributed by atoms with Gasteiger partial charge in [0, 0.05) is 11.0 Å². The van der Waals surface area contributed by atoms with Crippen molar-refractivity contribution in [3.63, 3.8) is 0 Å². The van der Waals surface area contributed by atoms with Gasteiger partial charge in [-0.15, -0.1) is 0 Å². The summed E-state index contributed by atoms with van der Waals surface area (Å²) in [6.07, 6.45) is 3.50.